The van der Waals surface area contributed by atoms with Crippen molar-refractivity contribution in [3.8, 4) is 5.75 Å². The van der Waals surface area contributed by atoms with Gasteiger partial charge in [-0.1, -0.05) is 11.6 Å². The standard InChI is InChI=1S/C8H8ClIO/c1-5-3-6(9)8(11-2)4-7(5)10/h3-4H,1-2H3. The summed E-state index contributed by atoms with van der Waals surface area (Å²) < 4.78 is 6.21. The maximum Gasteiger partial charge on any atom is 0.138 e. The number of rotatable bonds is 1. The molecule has 0 unspecified atom stereocenters. The first-order valence-corrected chi connectivity index (χ1v) is 4.60. The molecule has 0 N–H and O–H groups in total. The molecule has 60 valence electrons. The Hall–Kier alpha value is 0.0400. The number of aryl methyl sites for hydroxylation is 1. The first kappa shape index (κ1) is 9.13. The van der Waals surface area contributed by atoms with Crippen LogP contribution < -0.4 is 4.74 Å². The zero-order valence-electron chi connectivity index (χ0n) is 6.32. The molecule has 1 nitrogen and oxygen atoms in total. The van der Waals surface area contributed by atoms with Gasteiger partial charge in [0.1, 0.15) is 5.75 Å². The van der Waals surface area contributed by atoms with Gasteiger partial charge in [0.25, 0.3) is 0 Å². The van der Waals surface area contributed by atoms with Gasteiger partial charge in [0.15, 0.2) is 0 Å². The fourth-order valence-corrected chi connectivity index (χ4v) is 1.52. The highest BCUT2D eigenvalue weighted by molar-refractivity contribution is 14.1. The van der Waals surface area contributed by atoms with Gasteiger partial charge >= 0.3 is 0 Å². The van der Waals surface area contributed by atoms with E-state index in [0.717, 1.165) is 5.75 Å². The van der Waals surface area contributed by atoms with Crippen molar-refractivity contribution in [2.24, 2.45) is 0 Å². The topological polar surface area (TPSA) is 9.23 Å². The van der Waals surface area contributed by atoms with E-state index in [1.54, 1.807) is 7.11 Å². The molecule has 0 spiro atoms. The SMILES string of the molecule is COc1cc(I)c(C)cc1Cl. The summed E-state index contributed by atoms with van der Waals surface area (Å²) in [6.07, 6.45) is 0. The summed E-state index contributed by atoms with van der Waals surface area (Å²) in [5, 5.41) is 0.672. The lowest BCUT2D eigenvalue weighted by atomic mass is 10.2. The van der Waals surface area contributed by atoms with Gasteiger partial charge in [-0.2, -0.15) is 0 Å². The molecule has 11 heavy (non-hydrogen) atoms. The van der Waals surface area contributed by atoms with Crippen LogP contribution in [0.1, 0.15) is 5.56 Å². The fourth-order valence-electron chi connectivity index (χ4n) is 0.784. The smallest absolute Gasteiger partial charge is 0.138 e. The summed E-state index contributed by atoms with van der Waals surface area (Å²) in [6.45, 7) is 2.02. The number of hydrogen-bond acceptors (Lipinski definition) is 1. The van der Waals surface area contributed by atoms with Crippen LogP contribution in [-0.4, -0.2) is 7.11 Å². The summed E-state index contributed by atoms with van der Waals surface area (Å²) in [7, 11) is 1.62. The maximum atomic E-state index is 5.87. The van der Waals surface area contributed by atoms with Gasteiger partial charge in [0, 0.05) is 3.57 Å². The lowest BCUT2D eigenvalue weighted by molar-refractivity contribution is 0.414. The van der Waals surface area contributed by atoms with E-state index in [2.05, 4.69) is 22.6 Å². The van der Waals surface area contributed by atoms with Crippen LogP contribution in [0.2, 0.25) is 5.02 Å². The molecular weight excluding hydrogens is 274 g/mol. The quantitative estimate of drug-likeness (QED) is 0.718. The lowest BCUT2D eigenvalue weighted by Gasteiger charge is -2.04. The Morgan fingerprint density at radius 2 is 2.09 bits per heavy atom. The van der Waals surface area contributed by atoms with Crippen LogP contribution in [0, 0.1) is 10.5 Å². The Morgan fingerprint density at radius 1 is 1.45 bits per heavy atom. The highest BCUT2D eigenvalue weighted by Gasteiger charge is 2.02. The van der Waals surface area contributed by atoms with E-state index in [0.29, 0.717) is 5.02 Å². The monoisotopic (exact) mass is 282 g/mol. The van der Waals surface area contributed by atoms with Crippen molar-refractivity contribution in [2.75, 3.05) is 7.11 Å². The average Bonchev–Trinajstić information content (AvgIpc) is 1.97. The summed E-state index contributed by atoms with van der Waals surface area (Å²) in [6, 6.07) is 3.83. The predicted octanol–water partition coefficient (Wildman–Crippen LogP) is 3.26. The fraction of sp³-hybridized carbons (Fsp3) is 0.250. The van der Waals surface area contributed by atoms with Gasteiger partial charge in [-0.15, -0.1) is 0 Å². The van der Waals surface area contributed by atoms with Crippen LogP contribution in [0.15, 0.2) is 12.1 Å². The molecule has 0 aromatic heterocycles. The highest BCUT2D eigenvalue weighted by Crippen LogP contribution is 2.28. The number of methoxy groups -OCH3 is 1. The molecule has 0 saturated heterocycles. The third kappa shape index (κ3) is 1.99. The molecule has 0 aliphatic rings. The Bertz CT molecular complexity index is 273. The summed E-state index contributed by atoms with van der Waals surface area (Å²) in [5.41, 5.74) is 1.18. The van der Waals surface area contributed by atoms with Crippen LogP contribution in [0.25, 0.3) is 0 Å². The van der Waals surface area contributed by atoms with Crippen LogP contribution in [-0.2, 0) is 0 Å². The summed E-state index contributed by atoms with van der Waals surface area (Å²) >= 11 is 8.12. The number of hydrogen-bond donors (Lipinski definition) is 0. The maximum absolute atomic E-state index is 5.87. The number of halogens is 2. The van der Waals surface area contributed by atoms with E-state index in [1.165, 1.54) is 9.13 Å². The first-order valence-electron chi connectivity index (χ1n) is 3.15. The van der Waals surface area contributed by atoms with Gasteiger partial charge in [0.2, 0.25) is 0 Å². The zero-order chi connectivity index (χ0) is 8.43. The van der Waals surface area contributed by atoms with Crippen molar-refractivity contribution in [1.29, 1.82) is 0 Å². The van der Waals surface area contributed by atoms with Gasteiger partial charge in [0.05, 0.1) is 12.1 Å². The summed E-state index contributed by atoms with van der Waals surface area (Å²) in [5.74, 6) is 0.738. The average molecular weight is 283 g/mol. The molecule has 0 bridgehead atoms. The molecule has 0 saturated carbocycles. The van der Waals surface area contributed by atoms with E-state index in [-0.39, 0.29) is 0 Å². The Kier molecular flexibility index (Phi) is 3.01. The Labute approximate surface area is 84.8 Å². The minimum Gasteiger partial charge on any atom is -0.495 e. The van der Waals surface area contributed by atoms with Crippen molar-refractivity contribution in [2.45, 2.75) is 6.92 Å². The zero-order valence-corrected chi connectivity index (χ0v) is 9.23. The van der Waals surface area contributed by atoms with E-state index in [1.807, 2.05) is 19.1 Å². The number of ether oxygens (including phenoxy) is 1. The van der Waals surface area contributed by atoms with E-state index >= 15 is 0 Å². The van der Waals surface area contributed by atoms with Crippen molar-refractivity contribution in [3.05, 3.63) is 26.3 Å². The van der Waals surface area contributed by atoms with Crippen molar-refractivity contribution in [3.63, 3.8) is 0 Å². The minimum atomic E-state index is 0.672. The summed E-state index contributed by atoms with van der Waals surface area (Å²) in [4.78, 5) is 0. The van der Waals surface area contributed by atoms with E-state index in [9.17, 15) is 0 Å². The molecule has 0 fully saturated rings. The van der Waals surface area contributed by atoms with Crippen molar-refractivity contribution < 1.29 is 4.74 Å². The van der Waals surface area contributed by atoms with Crippen LogP contribution in [0.4, 0.5) is 0 Å². The molecule has 0 aliphatic heterocycles. The normalized spacial score (nSPS) is 9.82. The molecule has 1 rings (SSSR count). The third-order valence-electron chi connectivity index (χ3n) is 1.43. The van der Waals surface area contributed by atoms with Gasteiger partial charge in [-0.05, 0) is 47.2 Å². The molecule has 0 amide bonds. The lowest BCUT2D eigenvalue weighted by Crippen LogP contribution is -1.87. The van der Waals surface area contributed by atoms with Crippen molar-refractivity contribution in [1.82, 2.24) is 0 Å². The molecule has 1 aromatic rings. The van der Waals surface area contributed by atoms with Gasteiger partial charge < -0.3 is 4.74 Å². The second-order valence-electron chi connectivity index (χ2n) is 2.24. The largest absolute Gasteiger partial charge is 0.495 e. The van der Waals surface area contributed by atoms with Gasteiger partial charge in [-0.25, -0.2) is 0 Å². The molecular formula is C8H8ClIO. The minimum absolute atomic E-state index is 0.672. The Morgan fingerprint density at radius 3 is 2.64 bits per heavy atom. The second kappa shape index (κ2) is 3.63. The molecule has 0 atom stereocenters. The second-order valence-corrected chi connectivity index (χ2v) is 3.81. The molecule has 0 radical (unpaired) electrons. The predicted molar refractivity (Wildman–Crippen MR) is 55.5 cm³/mol. The third-order valence-corrected chi connectivity index (χ3v) is 2.89. The van der Waals surface area contributed by atoms with Crippen molar-refractivity contribution >= 4 is 34.2 Å². The highest BCUT2D eigenvalue weighted by atomic mass is 127. The van der Waals surface area contributed by atoms with E-state index in [4.69, 9.17) is 16.3 Å². The van der Waals surface area contributed by atoms with Crippen LogP contribution in [0.3, 0.4) is 0 Å². The molecule has 0 heterocycles. The van der Waals surface area contributed by atoms with Crippen LogP contribution >= 0.6 is 34.2 Å². The van der Waals surface area contributed by atoms with Crippen LogP contribution in [0.5, 0.6) is 5.75 Å². The molecule has 0 aliphatic carbocycles. The number of benzene rings is 1. The molecule has 3 heteroatoms. The molecule has 1 aromatic carbocycles. The van der Waals surface area contributed by atoms with Gasteiger partial charge in [-0.3, -0.25) is 0 Å². The first-order chi connectivity index (χ1) is 5.15. The Balaban J connectivity index is 3.21. The van der Waals surface area contributed by atoms with E-state index < -0.39 is 0 Å².